The van der Waals surface area contributed by atoms with Crippen molar-refractivity contribution in [2.24, 2.45) is 5.92 Å². The van der Waals surface area contributed by atoms with Gasteiger partial charge >= 0.3 is 5.97 Å². The predicted octanol–water partition coefficient (Wildman–Crippen LogP) is 2.74. The number of esters is 1. The standard InChI is InChI=1S/C21H30N2O4/c1-13(2)18(23-20(25)17-12-8-5-9-14(17)3)21(26)27-15(4)19(24)22-16-10-6-7-11-16/h5,8-9,12-13,15-16,18H,6-7,10-11H2,1-4H3,(H,22,24)(H,23,25)/t15-,18+/m1/s1. The van der Waals surface area contributed by atoms with Gasteiger partial charge in [0.05, 0.1) is 0 Å². The van der Waals surface area contributed by atoms with Crippen LogP contribution in [0.4, 0.5) is 0 Å². The summed E-state index contributed by atoms with van der Waals surface area (Å²) in [5.41, 5.74) is 1.35. The monoisotopic (exact) mass is 374 g/mol. The van der Waals surface area contributed by atoms with E-state index in [9.17, 15) is 14.4 Å². The fraction of sp³-hybridized carbons (Fsp3) is 0.571. The Morgan fingerprint density at radius 2 is 1.70 bits per heavy atom. The minimum absolute atomic E-state index is 0.167. The summed E-state index contributed by atoms with van der Waals surface area (Å²) in [5, 5.41) is 5.67. The quantitative estimate of drug-likeness (QED) is 0.719. The van der Waals surface area contributed by atoms with E-state index in [-0.39, 0.29) is 23.8 Å². The van der Waals surface area contributed by atoms with Crippen LogP contribution in [0.2, 0.25) is 0 Å². The number of ether oxygens (including phenoxy) is 1. The molecule has 6 heteroatoms. The number of amides is 2. The molecule has 0 unspecified atom stereocenters. The summed E-state index contributed by atoms with van der Waals surface area (Å²) < 4.78 is 5.35. The largest absolute Gasteiger partial charge is 0.451 e. The molecule has 0 saturated heterocycles. The molecule has 1 aromatic rings. The van der Waals surface area contributed by atoms with E-state index >= 15 is 0 Å². The van der Waals surface area contributed by atoms with Crippen LogP contribution in [-0.4, -0.2) is 36.0 Å². The first kappa shape index (κ1) is 20.9. The smallest absolute Gasteiger partial charge is 0.329 e. The zero-order valence-corrected chi connectivity index (χ0v) is 16.6. The van der Waals surface area contributed by atoms with Crippen molar-refractivity contribution < 1.29 is 19.1 Å². The van der Waals surface area contributed by atoms with Gasteiger partial charge in [-0.2, -0.15) is 0 Å². The maximum atomic E-state index is 12.6. The Morgan fingerprint density at radius 1 is 1.07 bits per heavy atom. The summed E-state index contributed by atoms with van der Waals surface area (Å²) in [4.78, 5) is 37.3. The van der Waals surface area contributed by atoms with Gasteiger partial charge in [0.25, 0.3) is 11.8 Å². The SMILES string of the molecule is Cc1ccccc1C(=O)N[C@H](C(=O)O[C@H](C)C(=O)NC1CCCC1)C(C)C. The topological polar surface area (TPSA) is 84.5 Å². The number of carbonyl (C=O) groups excluding carboxylic acids is 3. The molecule has 0 heterocycles. The van der Waals surface area contributed by atoms with Gasteiger partial charge in [0.15, 0.2) is 6.10 Å². The molecule has 2 N–H and O–H groups in total. The second-order valence-electron chi connectivity index (χ2n) is 7.58. The lowest BCUT2D eigenvalue weighted by molar-refractivity contribution is -0.157. The number of benzene rings is 1. The van der Waals surface area contributed by atoms with Crippen molar-refractivity contribution >= 4 is 17.8 Å². The molecule has 148 valence electrons. The molecule has 0 aromatic heterocycles. The van der Waals surface area contributed by atoms with Crippen LogP contribution in [-0.2, 0) is 14.3 Å². The molecule has 1 aromatic carbocycles. The number of aryl methyl sites for hydroxylation is 1. The highest BCUT2D eigenvalue weighted by Crippen LogP contribution is 2.18. The van der Waals surface area contributed by atoms with Crippen LogP contribution in [0.1, 0.15) is 62.4 Å². The van der Waals surface area contributed by atoms with Crippen LogP contribution in [0.3, 0.4) is 0 Å². The highest BCUT2D eigenvalue weighted by atomic mass is 16.5. The van der Waals surface area contributed by atoms with Gasteiger partial charge in [0.2, 0.25) is 0 Å². The van der Waals surface area contributed by atoms with Crippen molar-refractivity contribution in [3.63, 3.8) is 0 Å². The van der Waals surface area contributed by atoms with E-state index in [0.717, 1.165) is 31.2 Å². The number of carbonyl (C=O) groups is 3. The number of nitrogens with one attached hydrogen (secondary N) is 2. The zero-order valence-electron chi connectivity index (χ0n) is 16.6. The van der Waals surface area contributed by atoms with Crippen LogP contribution in [0.25, 0.3) is 0 Å². The van der Waals surface area contributed by atoms with Gasteiger partial charge < -0.3 is 15.4 Å². The van der Waals surface area contributed by atoms with Gasteiger partial charge in [-0.25, -0.2) is 4.79 Å². The third kappa shape index (κ3) is 5.81. The number of rotatable bonds is 7. The lowest BCUT2D eigenvalue weighted by atomic mass is 10.0. The van der Waals surface area contributed by atoms with Crippen LogP contribution in [0, 0.1) is 12.8 Å². The van der Waals surface area contributed by atoms with Crippen molar-refractivity contribution in [2.45, 2.75) is 71.6 Å². The maximum absolute atomic E-state index is 12.6. The van der Waals surface area contributed by atoms with E-state index in [1.165, 1.54) is 0 Å². The van der Waals surface area contributed by atoms with E-state index in [4.69, 9.17) is 4.74 Å². The Hall–Kier alpha value is -2.37. The molecule has 2 rings (SSSR count). The zero-order chi connectivity index (χ0) is 20.0. The first-order valence-electron chi connectivity index (χ1n) is 9.67. The van der Waals surface area contributed by atoms with E-state index in [0.29, 0.717) is 5.56 Å². The van der Waals surface area contributed by atoms with Crippen LogP contribution in [0.5, 0.6) is 0 Å². The molecule has 0 spiro atoms. The first-order chi connectivity index (χ1) is 12.8. The Kier molecular flexibility index (Phi) is 7.39. The van der Waals surface area contributed by atoms with Gasteiger partial charge in [0.1, 0.15) is 6.04 Å². The first-order valence-corrected chi connectivity index (χ1v) is 9.67. The minimum Gasteiger partial charge on any atom is -0.451 e. The Morgan fingerprint density at radius 3 is 2.30 bits per heavy atom. The van der Waals surface area contributed by atoms with Crippen molar-refractivity contribution in [3.8, 4) is 0 Å². The molecule has 6 nitrogen and oxygen atoms in total. The minimum atomic E-state index is -0.894. The molecule has 2 amide bonds. The molecule has 1 saturated carbocycles. The van der Waals surface area contributed by atoms with Gasteiger partial charge in [-0.15, -0.1) is 0 Å². The summed E-state index contributed by atoms with van der Waals surface area (Å²) in [6.45, 7) is 7.05. The van der Waals surface area contributed by atoms with Crippen molar-refractivity contribution in [1.29, 1.82) is 0 Å². The average Bonchev–Trinajstić information content (AvgIpc) is 3.12. The Balaban J connectivity index is 1.96. The normalized spacial score (nSPS) is 16.6. The van der Waals surface area contributed by atoms with Gasteiger partial charge in [-0.05, 0) is 44.2 Å². The third-order valence-corrected chi connectivity index (χ3v) is 4.96. The third-order valence-electron chi connectivity index (χ3n) is 4.96. The highest BCUT2D eigenvalue weighted by Gasteiger charge is 2.30. The van der Waals surface area contributed by atoms with Crippen molar-refractivity contribution in [1.82, 2.24) is 10.6 Å². The molecule has 1 aliphatic rings. The molecule has 0 bridgehead atoms. The van der Waals surface area contributed by atoms with E-state index in [1.54, 1.807) is 19.1 Å². The Bertz CT molecular complexity index is 681. The lowest BCUT2D eigenvalue weighted by Gasteiger charge is -2.24. The Labute approximate surface area is 161 Å². The summed E-state index contributed by atoms with van der Waals surface area (Å²) >= 11 is 0. The predicted molar refractivity (Wildman–Crippen MR) is 103 cm³/mol. The van der Waals surface area contributed by atoms with Gasteiger partial charge in [-0.3, -0.25) is 9.59 Å². The number of hydrogen-bond acceptors (Lipinski definition) is 4. The second kappa shape index (κ2) is 9.53. The molecule has 27 heavy (non-hydrogen) atoms. The van der Waals surface area contributed by atoms with Crippen LogP contribution < -0.4 is 10.6 Å². The lowest BCUT2D eigenvalue weighted by Crippen LogP contribution is -2.48. The fourth-order valence-electron chi connectivity index (χ4n) is 3.23. The summed E-state index contributed by atoms with van der Waals surface area (Å²) in [5.74, 6) is -1.38. The van der Waals surface area contributed by atoms with E-state index < -0.39 is 18.1 Å². The average molecular weight is 374 g/mol. The summed E-state index contributed by atoms with van der Waals surface area (Å²) in [7, 11) is 0. The van der Waals surface area contributed by atoms with Crippen LogP contribution >= 0.6 is 0 Å². The van der Waals surface area contributed by atoms with E-state index in [2.05, 4.69) is 10.6 Å². The van der Waals surface area contributed by atoms with Crippen molar-refractivity contribution in [3.05, 3.63) is 35.4 Å². The summed E-state index contributed by atoms with van der Waals surface area (Å²) in [6.07, 6.45) is 3.26. The summed E-state index contributed by atoms with van der Waals surface area (Å²) in [6, 6.07) is 6.53. The van der Waals surface area contributed by atoms with Gasteiger partial charge in [-0.1, -0.05) is 44.9 Å². The number of hydrogen-bond donors (Lipinski definition) is 2. The molecule has 1 fully saturated rings. The molecular weight excluding hydrogens is 344 g/mol. The van der Waals surface area contributed by atoms with Crippen LogP contribution in [0.15, 0.2) is 24.3 Å². The highest BCUT2D eigenvalue weighted by molar-refractivity contribution is 5.98. The molecular formula is C21H30N2O4. The second-order valence-corrected chi connectivity index (χ2v) is 7.58. The van der Waals surface area contributed by atoms with E-state index in [1.807, 2.05) is 32.9 Å². The van der Waals surface area contributed by atoms with Crippen molar-refractivity contribution in [2.75, 3.05) is 0 Å². The molecule has 0 aliphatic heterocycles. The maximum Gasteiger partial charge on any atom is 0.329 e. The molecule has 2 atom stereocenters. The fourth-order valence-corrected chi connectivity index (χ4v) is 3.23. The molecule has 1 aliphatic carbocycles. The van der Waals surface area contributed by atoms with Gasteiger partial charge in [0, 0.05) is 11.6 Å². The molecule has 0 radical (unpaired) electrons.